The first-order chi connectivity index (χ1) is 11.9. The van der Waals surface area contributed by atoms with E-state index in [0.29, 0.717) is 32.8 Å². The highest BCUT2D eigenvalue weighted by atomic mass is 32.2. The summed E-state index contributed by atoms with van der Waals surface area (Å²) in [6, 6.07) is 3.87. The van der Waals surface area contributed by atoms with Gasteiger partial charge in [0.05, 0.1) is 32.6 Å². The number of sulfonamides is 1. The molecule has 3 rings (SSSR count). The summed E-state index contributed by atoms with van der Waals surface area (Å²) in [6.07, 6.45) is 4.53. The molecular weight excluding hydrogens is 364 g/mol. The van der Waals surface area contributed by atoms with Crippen LogP contribution < -0.4 is 0 Å². The molecular formula is C16H22N2O5S2. The molecule has 0 radical (unpaired) electrons. The van der Waals surface area contributed by atoms with Crippen molar-refractivity contribution in [1.29, 1.82) is 0 Å². The van der Waals surface area contributed by atoms with Gasteiger partial charge in [-0.2, -0.15) is 4.31 Å². The zero-order valence-corrected chi connectivity index (χ0v) is 15.7. The Balaban J connectivity index is 1.71. The Kier molecular flexibility index (Phi) is 5.59. The van der Waals surface area contributed by atoms with Crippen molar-refractivity contribution in [1.82, 2.24) is 9.21 Å². The van der Waals surface area contributed by atoms with Gasteiger partial charge in [-0.25, -0.2) is 8.42 Å². The van der Waals surface area contributed by atoms with Gasteiger partial charge in [0.2, 0.25) is 15.9 Å². The molecule has 3 heterocycles. The first kappa shape index (κ1) is 18.5. The van der Waals surface area contributed by atoms with Gasteiger partial charge in [0, 0.05) is 30.6 Å². The number of hydrogen-bond acceptors (Lipinski definition) is 6. The lowest BCUT2D eigenvalue weighted by molar-refractivity contribution is -0.156. The number of thiophene rings is 1. The van der Waals surface area contributed by atoms with Crippen LogP contribution >= 0.6 is 11.3 Å². The SMILES string of the molecule is CS(=O)(=O)N1CCOCC2(CN(C(=O)/C=C/c3cccs3)CCO2)C1. The summed E-state index contributed by atoms with van der Waals surface area (Å²) >= 11 is 1.56. The van der Waals surface area contributed by atoms with E-state index in [4.69, 9.17) is 9.47 Å². The molecule has 0 N–H and O–H groups in total. The topological polar surface area (TPSA) is 76.2 Å². The smallest absolute Gasteiger partial charge is 0.246 e. The highest BCUT2D eigenvalue weighted by molar-refractivity contribution is 7.88. The predicted octanol–water partition coefficient (Wildman–Crippen LogP) is 0.651. The normalized spacial score (nSPS) is 26.2. The van der Waals surface area contributed by atoms with Gasteiger partial charge in [-0.3, -0.25) is 4.79 Å². The van der Waals surface area contributed by atoms with E-state index in [9.17, 15) is 13.2 Å². The van der Waals surface area contributed by atoms with E-state index < -0.39 is 15.6 Å². The van der Waals surface area contributed by atoms with Crippen LogP contribution in [-0.2, 0) is 24.3 Å². The van der Waals surface area contributed by atoms with Gasteiger partial charge in [0.25, 0.3) is 0 Å². The minimum Gasteiger partial charge on any atom is -0.377 e. The zero-order chi connectivity index (χ0) is 17.9. The van der Waals surface area contributed by atoms with Crippen LogP contribution in [0.15, 0.2) is 23.6 Å². The molecule has 1 spiro atoms. The third-order valence-corrected chi connectivity index (χ3v) is 6.36. The summed E-state index contributed by atoms with van der Waals surface area (Å²) in [5, 5.41) is 1.95. The molecule has 138 valence electrons. The third kappa shape index (κ3) is 4.68. The fourth-order valence-corrected chi connectivity index (χ4v) is 4.51. The molecule has 2 aliphatic rings. The molecule has 9 heteroatoms. The Labute approximate surface area is 151 Å². The average Bonchev–Trinajstić information content (AvgIpc) is 3.00. The third-order valence-electron chi connectivity index (χ3n) is 4.28. The van der Waals surface area contributed by atoms with Crippen LogP contribution in [0.25, 0.3) is 6.08 Å². The van der Waals surface area contributed by atoms with E-state index in [-0.39, 0.29) is 19.1 Å². The highest BCUT2D eigenvalue weighted by Crippen LogP contribution is 2.24. The molecule has 1 atom stereocenters. The van der Waals surface area contributed by atoms with Crippen LogP contribution in [0.3, 0.4) is 0 Å². The number of nitrogens with zero attached hydrogens (tertiary/aromatic N) is 2. The van der Waals surface area contributed by atoms with Crippen molar-refractivity contribution in [2.75, 3.05) is 52.3 Å². The summed E-state index contributed by atoms with van der Waals surface area (Å²) in [4.78, 5) is 15.2. The number of ether oxygens (including phenoxy) is 2. The number of carbonyl (C=O) groups excluding carboxylic acids is 1. The molecule has 2 fully saturated rings. The number of rotatable bonds is 3. The van der Waals surface area contributed by atoms with E-state index in [1.165, 1.54) is 10.6 Å². The van der Waals surface area contributed by atoms with Crippen molar-refractivity contribution in [3.8, 4) is 0 Å². The van der Waals surface area contributed by atoms with E-state index in [1.807, 2.05) is 17.5 Å². The molecule has 2 saturated heterocycles. The van der Waals surface area contributed by atoms with Gasteiger partial charge < -0.3 is 14.4 Å². The lowest BCUT2D eigenvalue weighted by Crippen LogP contribution is -2.60. The fraction of sp³-hybridized carbons (Fsp3) is 0.562. The number of amides is 1. The number of carbonyl (C=O) groups is 1. The second-order valence-electron chi connectivity index (χ2n) is 6.29. The molecule has 1 amide bonds. The molecule has 1 unspecified atom stereocenters. The van der Waals surface area contributed by atoms with Gasteiger partial charge >= 0.3 is 0 Å². The largest absolute Gasteiger partial charge is 0.377 e. The lowest BCUT2D eigenvalue weighted by atomic mass is 10.0. The van der Waals surface area contributed by atoms with Crippen molar-refractivity contribution < 1.29 is 22.7 Å². The maximum atomic E-state index is 12.5. The van der Waals surface area contributed by atoms with Crippen molar-refractivity contribution in [2.24, 2.45) is 0 Å². The van der Waals surface area contributed by atoms with Gasteiger partial charge in [0.15, 0.2) is 0 Å². The second-order valence-corrected chi connectivity index (χ2v) is 9.25. The molecule has 1 aromatic rings. The molecule has 0 bridgehead atoms. The van der Waals surface area contributed by atoms with Gasteiger partial charge in [-0.05, 0) is 17.5 Å². The van der Waals surface area contributed by atoms with Crippen LogP contribution in [0, 0.1) is 0 Å². The summed E-state index contributed by atoms with van der Waals surface area (Å²) in [5.74, 6) is -0.105. The standard InChI is InChI=1S/C16H22N2O5S2/c1-25(20,21)18-7-8-22-13-16(12-18)11-17(6-9-23-16)15(19)5-4-14-3-2-10-24-14/h2-5,10H,6-9,11-13H2,1H3/b5-4+. The Bertz CT molecular complexity index is 732. The molecule has 2 aliphatic heterocycles. The Morgan fingerprint density at radius 3 is 2.88 bits per heavy atom. The van der Waals surface area contributed by atoms with Crippen LogP contribution in [0.1, 0.15) is 4.88 Å². The molecule has 7 nitrogen and oxygen atoms in total. The zero-order valence-electron chi connectivity index (χ0n) is 14.1. The monoisotopic (exact) mass is 386 g/mol. The van der Waals surface area contributed by atoms with E-state index >= 15 is 0 Å². The molecule has 1 aromatic heterocycles. The first-order valence-electron chi connectivity index (χ1n) is 8.05. The predicted molar refractivity (Wildman–Crippen MR) is 95.9 cm³/mol. The van der Waals surface area contributed by atoms with Crippen molar-refractivity contribution >= 4 is 33.3 Å². The van der Waals surface area contributed by atoms with Crippen LogP contribution in [-0.4, -0.2) is 81.4 Å². The van der Waals surface area contributed by atoms with Crippen molar-refractivity contribution in [3.05, 3.63) is 28.5 Å². The summed E-state index contributed by atoms with van der Waals surface area (Å²) < 4.78 is 36.7. The van der Waals surface area contributed by atoms with E-state index in [2.05, 4.69) is 0 Å². The molecule has 25 heavy (non-hydrogen) atoms. The van der Waals surface area contributed by atoms with E-state index in [1.54, 1.807) is 28.4 Å². The molecule has 0 saturated carbocycles. The number of hydrogen-bond donors (Lipinski definition) is 0. The Morgan fingerprint density at radius 1 is 1.32 bits per heavy atom. The van der Waals surface area contributed by atoms with Crippen LogP contribution in [0.5, 0.6) is 0 Å². The summed E-state index contributed by atoms with van der Waals surface area (Å²) in [7, 11) is -3.34. The maximum Gasteiger partial charge on any atom is 0.246 e. The highest BCUT2D eigenvalue weighted by Gasteiger charge is 2.43. The minimum absolute atomic E-state index is 0.105. The van der Waals surface area contributed by atoms with Gasteiger partial charge in [-0.15, -0.1) is 11.3 Å². The number of morpholine rings is 1. The minimum atomic E-state index is -3.34. The first-order valence-corrected chi connectivity index (χ1v) is 10.8. The molecule has 0 aliphatic carbocycles. The van der Waals surface area contributed by atoms with Crippen molar-refractivity contribution in [3.63, 3.8) is 0 Å². The van der Waals surface area contributed by atoms with Gasteiger partial charge in [-0.1, -0.05) is 6.07 Å². The quantitative estimate of drug-likeness (QED) is 0.713. The Morgan fingerprint density at radius 2 is 2.16 bits per heavy atom. The second kappa shape index (κ2) is 7.55. The average molecular weight is 386 g/mol. The Hall–Kier alpha value is -1.26. The van der Waals surface area contributed by atoms with E-state index in [0.717, 1.165) is 4.88 Å². The van der Waals surface area contributed by atoms with Crippen LogP contribution in [0.4, 0.5) is 0 Å². The van der Waals surface area contributed by atoms with Gasteiger partial charge in [0.1, 0.15) is 5.60 Å². The molecule has 0 aromatic carbocycles. The summed E-state index contributed by atoms with van der Waals surface area (Å²) in [5.41, 5.74) is -0.815. The van der Waals surface area contributed by atoms with Crippen molar-refractivity contribution in [2.45, 2.75) is 5.60 Å². The van der Waals surface area contributed by atoms with Crippen LogP contribution in [0.2, 0.25) is 0 Å². The lowest BCUT2D eigenvalue weighted by Gasteiger charge is -2.42. The maximum absolute atomic E-state index is 12.5. The summed E-state index contributed by atoms with van der Waals surface area (Å²) in [6.45, 7) is 2.25. The fourth-order valence-electron chi connectivity index (χ4n) is 3.01.